The summed E-state index contributed by atoms with van der Waals surface area (Å²) < 4.78 is 0. The van der Waals surface area contributed by atoms with Gasteiger partial charge < -0.3 is 4.98 Å². The van der Waals surface area contributed by atoms with Crippen LogP contribution in [0, 0.1) is 5.53 Å². The summed E-state index contributed by atoms with van der Waals surface area (Å²) in [5, 5.41) is 4.12. The van der Waals surface area contributed by atoms with E-state index in [0.29, 0.717) is 17.7 Å². The number of hydrogen-bond donors (Lipinski definition) is 2. The molecule has 2 aromatic rings. The van der Waals surface area contributed by atoms with Crippen LogP contribution in [0.15, 0.2) is 29.4 Å². The quantitative estimate of drug-likeness (QED) is 0.532. The number of fused-ring (bicyclic) bond motifs is 1. The van der Waals surface area contributed by atoms with Crippen molar-refractivity contribution in [2.24, 2.45) is 5.11 Å². The predicted molar refractivity (Wildman–Crippen MR) is 48.5 cm³/mol. The van der Waals surface area contributed by atoms with Gasteiger partial charge in [0.2, 0.25) is 0 Å². The van der Waals surface area contributed by atoms with Gasteiger partial charge in [-0.15, -0.1) is 0 Å². The predicted octanol–water partition coefficient (Wildman–Crippen LogP) is 2.64. The van der Waals surface area contributed by atoms with Crippen LogP contribution in [0.4, 0.5) is 5.69 Å². The van der Waals surface area contributed by atoms with Gasteiger partial charge in [0, 0.05) is 10.9 Å². The van der Waals surface area contributed by atoms with Crippen molar-refractivity contribution >= 4 is 22.9 Å². The van der Waals surface area contributed by atoms with E-state index >= 15 is 0 Å². The number of nitrogens with zero attached hydrogens (tertiary/aromatic N) is 1. The van der Waals surface area contributed by atoms with Crippen LogP contribution < -0.4 is 0 Å². The monoisotopic (exact) mass is 173 g/mol. The molecule has 0 saturated heterocycles. The maximum Gasteiger partial charge on any atom is 0.168 e. The number of benzene rings is 1. The fourth-order valence-electron chi connectivity index (χ4n) is 1.35. The van der Waals surface area contributed by atoms with Crippen molar-refractivity contribution in [1.82, 2.24) is 4.98 Å². The average Bonchev–Trinajstić information content (AvgIpc) is 2.55. The summed E-state index contributed by atoms with van der Waals surface area (Å²) in [6.07, 6.45) is 0.674. The first-order valence-electron chi connectivity index (χ1n) is 3.80. The van der Waals surface area contributed by atoms with Crippen molar-refractivity contribution in [1.29, 1.82) is 5.53 Å². The van der Waals surface area contributed by atoms with Crippen LogP contribution in [0.25, 0.3) is 10.9 Å². The average molecular weight is 173 g/mol. The zero-order chi connectivity index (χ0) is 9.26. The fourth-order valence-corrected chi connectivity index (χ4v) is 1.35. The normalized spacial score (nSPS) is 10.2. The van der Waals surface area contributed by atoms with E-state index in [1.165, 1.54) is 0 Å². The van der Waals surface area contributed by atoms with Gasteiger partial charge >= 0.3 is 0 Å². The van der Waals surface area contributed by atoms with Gasteiger partial charge in [0.25, 0.3) is 0 Å². The van der Waals surface area contributed by atoms with Crippen molar-refractivity contribution in [3.05, 3.63) is 30.0 Å². The molecule has 0 radical (unpaired) electrons. The number of aromatic nitrogens is 1. The molecule has 0 atom stereocenters. The molecule has 1 heterocycles. The van der Waals surface area contributed by atoms with Crippen LogP contribution in [0.2, 0.25) is 0 Å². The van der Waals surface area contributed by atoms with E-state index in [-0.39, 0.29) is 0 Å². The highest BCUT2D eigenvalue weighted by Gasteiger charge is 2.08. The molecule has 0 aliphatic carbocycles. The zero-order valence-electron chi connectivity index (χ0n) is 6.74. The number of carbonyl (C=O) groups is 1. The lowest BCUT2D eigenvalue weighted by Crippen LogP contribution is -1.76. The Balaban J connectivity index is 2.88. The lowest BCUT2D eigenvalue weighted by atomic mass is 10.2. The first-order chi connectivity index (χ1) is 6.36. The van der Waals surface area contributed by atoms with Gasteiger partial charge in [-0.1, -0.05) is 18.2 Å². The minimum absolute atomic E-state index is 0.358. The Bertz CT molecular complexity index is 473. The van der Waals surface area contributed by atoms with Crippen LogP contribution in [0.1, 0.15) is 10.5 Å². The molecule has 0 fully saturated rings. The molecule has 64 valence electrons. The Labute approximate surface area is 74.1 Å². The Hall–Kier alpha value is -1.97. The third-order valence-corrected chi connectivity index (χ3v) is 1.94. The van der Waals surface area contributed by atoms with Crippen molar-refractivity contribution < 1.29 is 4.79 Å². The van der Waals surface area contributed by atoms with E-state index in [0.717, 1.165) is 10.9 Å². The lowest BCUT2D eigenvalue weighted by molar-refractivity contribution is 0.112. The molecule has 1 aromatic heterocycles. The second-order valence-electron chi connectivity index (χ2n) is 2.66. The van der Waals surface area contributed by atoms with E-state index < -0.39 is 0 Å². The highest BCUT2D eigenvalue weighted by Crippen LogP contribution is 2.28. The minimum atomic E-state index is 0.358. The number of aromatic amines is 1. The number of carbonyl (C=O) groups excluding carboxylic acids is 1. The molecule has 13 heavy (non-hydrogen) atoms. The van der Waals surface area contributed by atoms with Crippen molar-refractivity contribution in [2.45, 2.75) is 0 Å². The number of para-hydroxylation sites is 1. The van der Waals surface area contributed by atoms with Gasteiger partial charge in [-0.25, -0.2) is 5.53 Å². The van der Waals surface area contributed by atoms with Gasteiger partial charge in [-0.05, 0) is 6.07 Å². The molecule has 1 aromatic carbocycles. The maximum atomic E-state index is 10.6. The van der Waals surface area contributed by atoms with Crippen molar-refractivity contribution in [3.63, 3.8) is 0 Å². The minimum Gasteiger partial charge on any atom is -0.350 e. The number of hydrogen-bond acceptors (Lipinski definition) is 3. The van der Waals surface area contributed by atoms with Gasteiger partial charge in [-0.2, -0.15) is 5.11 Å². The Morgan fingerprint density at radius 1 is 1.38 bits per heavy atom. The molecular weight excluding hydrogens is 166 g/mol. The van der Waals surface area contributed by atoms with Crippen molar-refractivity contribution in [2.75, 3.05) is 0 Å². The Kier molecular flexibility index (Phi) is 1.66. The Morgan fingerprint density at radius 3 is 2.85 bits per heavy atom. The molecule has 2 rings (SSSR count). The van der Waals surface area contributed by atoms with E-state index in [1.54, 1.807) is 0 Å². The van der Waals surface area contributed by atoms with E-state index in [2.05, 4.69) is 10.1 Å². The van der Waals surface area contributed by atoms with Crippen LogP contribution in [0.3, 0.4) is 0 Å². The summed E-state index contributed by atoms with van der Waals surface area (Å²) in [6, 6.07) is 7.38. The van der Waals surface area contributed by atoms with E-state index in [9.17, 15) is 4.79 Å². The molecule has 0 aliphatic rings. The first kappa shape index (κ1) is 7.67. The standard InChI is InChI=1S/C9H7N3O/c10-12-9-6-3-1-2-4-7(6)11-8(9)5-13/h1-5,10-11H. The molecule has 0 unspecified atom stereocenters. The van der Waals surface area contributed by atoms with E-state index in [4.69, 9.17) is 5.53 Å². The second-order valence-corrected chi connectivity index (χ2v) is 2.66. The topological polar surface area (TPSA) is 69.1 Å². The van der Waals surface area contributed by atoms with Crippen molar-refractivity contribution in [3.8, 4) is 0 Å². The SMILES string of the molecule is N=Nc1c(C=O)[nH]c2ccccc12. The molecule has 0 bridgehead atoms. The van der Waals surface area contributed by atoms with E-state index in [1.807, 2.05) is 24.3 Å². The van der Waals surface area contributed by atoms with Crippen LogP contribution >= 0.6 is 0 Å². The third kappa shape index (κ3) is 1.03. The molecule has 0 aliphatic heterocycles. The smallest absolute Gasteiger partial charge is 0.168 e. The number of nitrogens with one attached hydrogen (secondary N) is 2. The van der Waals surface area contributed by atoms with Crippen LogP contribution in [0.5, 0.6) is 0 Å². The summed E-state index contributed by atoms with van der Waals surface area (Å²) in [6.45, 7) is 0. The second kappa shape index (κ2) is 2.82. The summed E-state index contributed by atoms with van der Waals surface area (Å²) in [5.41, 5.74) is 8.53. The first-order valence-corrected chi connectivity index (χ1v) is 3.80. The third-order valence-electron chi connectivity index (χ3n) is 1.94. The summed E-state index contributed by atoms with van der Waals surface area (Å²) >= 11 is 0. The number of rotatable bonds is 2. The highest BCUT2D eigenvalue weighted by atomic mass is 16.1. The molecular formula is C9H7N3O. The van der Waals surface area contributed by atoms with Crippen LogP contribution in [-0.2, 0) is 0 Å². The molecule has 0 saturated carbocycles. The van der Waals surface area contributed by atoms with Gasteiger partial charge in [0.15, 0.2) is 6.29 Å². The molecule has 4 heteroatoms. The van der Waals surface area contributed by atoms with Gasteiger partial charge in [0.1, 0.15) is 11.4 Å². The van der Waals surface area contributed by atoms with Gasteiger partial charge in [-0.3, -0.25) is 4.79 Å². The highest BCUT2D eigenvalue weighted by molar-refractivity contribution is 5.99. The molecule has 4 nitrogen and oxygen atoms in total. The summed E-state index contributed by atoms with van der Waals surface area (Å²) in [5.74, 6) is 0. The Morgan fingerprint density at radius 2 is 2.15 bits per heavy atom. The lowest BCUT2D eigenvalue weighted by Gasteiger charge is -1.87. The maximum absolute atomic E-state index is 10.6. The fraction of sp³-hybridized carbons (Fsp3) is 0. The largest absolute Gasteiger partial charge is 0.350 e. The summed E-state index contributed by atoms with van der Waals surface area (Å²) in [7, 11) is 0. The van der Waals surface area contributed by atoms with Crippen LogP contribution in [-0.4, -0.2) is 11.3 Å². The van der Waals surface area contributed by atoms with Gasteiger partial charge in [0.05, 0.1) is 0 Å². The zero-order valence-corrected chi connectivity index (χ0v) is 6.74. The summed E-state index contributed by atoms with van der Waals surface area (Å²) in [4.78, 5) is 13.5. The number of aldehydes is 1. The molecule has 0 amide bonds. The number of H-pyrrole nitrogens is 1. The molecule has 0 spiro atoms. The molecule has 2 N–H and O–H groups in total.